The summed E-state index contributed by atoms with van der Waals surface area (Å²) in [5.74, 6) is 2.89. The number of furan rings is 1. The number of ether oxygens (including phenoxy) is 1. The van der Waals surface area contributed by atoms with E-state index in [-0.39, 0.29) is 11.2 Å². The Bertz CT molecular complexity index is 785. The molecule has 2 aromatic heterocycles. The monoisotopic (exact) mass is 435 g/mol. The van der Waals surface area contributed by atoms with Crippen LogP contribution in [0, 0.1) is 11.8 Å². The van der Waals surface area contributed by atoms with E-state index in [1.165, 1.54) is 18.2 Å². The zero-order valence-corrected chi connectivity index (χ0v) is 19.2. The maximum atomic E-state index is 12.5. The van der Waals surface area contributed by atoms with Crippen molar-refractivity contribution in [2.24, 2.45) is 11.8 Å². The van der Waals surface area contributed by atoms with Crippen molar-refractivity contribution >= 4 is 23.6 Å². The summed E-state index contributed by atoms with van der Waals surface area (Å²) in [5.41, 5.74) is 0. The first kappa shape index (κ1) is 22.7. The Morgan fingerprint density at radius 2 is 2.13 bits per heavy atom. The van der Waals surface area contributed by atoms with Crippen molar-refractivity contribution in [2.45, 2.75) is 50.6 Å². The van der Waals surface area contributed by atoms with Gasteiger partial charge in [0.15, 0.2) is 5.16 Å². The molecule has 0 aliphatic carbocycles. The van der Waals surface area contributed by atoms with Gasteiger partial charge in [0, 0.05) is 33.4 Å². The topological polar surface area (TPSA) is 85.4 Å². The number of thioether (sulfide) groups is 1. The standard InChI is InChI=1S/C21H33N5O3S/c1-15-11-16(2)13-25(12-15)20-23-24-21(26(20)14-18-7-5-10-29-18)30-17(3)19(27)22-8-6-9-28-4/h5,7,10,15-17H,6,8-9,11-14H2,1-4H3,(H,22,27). The predicted molar refractivity (Wildman–Crippen MR) is 118 cm³/mol. The largest absolute Gasteiger partial charge is 0.467 e. The lowest BCUT2D eigenvalue weighted by Gasteiger charge is -2.35. The van der Waals surface area contributed by atoms with Gasteiger partial charge in [-0.2, -0.15) is 0 Å². The van der Waals surface area contributed by atoms with Gasteiger partial charge < -0.3 is 19.4 Å². The fraction of sp³-hybridized carbons (Fsp3) is 0.667. The molecule has 0 saturated carbocycles. The Morgan fingerprint density at radius 3 is 2.80 bits per heavy atom. The molecule has 3 rings (SSSR count). The Morgan fingerprint density at radius 1 is 1.37 bits per heavy atom. The molecule has 1 fully saturated rings. The summed E-state index contributed by atoms with van der Waals surface area (Å²) < 4.78 is 12.7. The number of hydrogen-bond donors (Lipinski definition) is 1. The van der Waals surface area contributed by atoms with Crippen LogP contribution in [-0.4, -0.2) is 59.3 Å². The molecule has 0 radical (unpaired) electrons. The van der Waals surface area contributed by atoms with Crippen molar-refractivity contribution < 1.29 is 13.9 Å². The number of nitrogens with zero attached hydrogens (tertiary/aromatic N) is 4. The molecule has 0 spiro atoms. The van der Waals surface area contributed by atoms with Crippen LogP contribution in [0.1, 0.15) is 39.4 Å². The molecule has 166 valence electrons. The van der Waals surface area contributed by atoms with Crippen LogP contribution >= 0.6 is 11.8 Å². The van der Waals surface area contributed by atoms with Crippen molar-refractivity contribution in [3.05, 3.63) is 24.2 Å². The zero-order chi connectivity index (χ0) is 21.5. The molecule has 30 heavy (non-hydrogen) atoms. The van der Waals surface area contributed by atoms with Gasteiger partial charge in [0.25, 0.3) is 0 Å². The molecule has 3 unspecified atom stereocenters. The molecular formula is C21H33N5O3S. The van der Waals surface area contributed by atoms with Crippen LogP contribution in [0.25, 0.3) is 0 Å². The Labute approximate surface area is 182 Å². The number of nitrogens with one attached hydrogen (secondary N) is 1. The van der Waals surface area contributed by atoms with Gasteiger partial charge >= 0.3 is 0 Å². The van der Waals surface area contributed by atoms with Gasteiger partial charge in [-0.15, -0.1) is 10.2 Å². The smallest absolute Gasteiger partial charge is 0.233 e. The predicted octanol–water partition coefficient (Wildman–Crippen LogP) is 3.04. The fourth-order valence-corrected chi connectivity index (χ4v) is 4.78. The molecule has 1 aliphatic heterocycles. The Kier molecular flexibility index (Phi) is 8.21. The molecule has 3 atom stereocenters. The van der Waals surface area contributed by atoms with Gasteiger partial charge in [-0.3, -0.25) is 9.36 Å². The van der Waals surface area contributed by atoms with Gasteiger partial charge in [-0.05, 0) is 43.7 Å². The van der Waals surface area contributed by atoms with E-state index in [0.29, 0.717) is 31.5 Å². The molecule has 0 bridgehead atoms. The molecule has 1 saturated heterocycles. The van der Waals surface area contributed by atoms with Gasteiger partial charge in [-0.1, -0.05) is 25.6 Å². The number of carbonyl (C=O) groups is 1. The van der Waals surface area contributed by atoms with E-state index < -0.39 is 0 Å². The van der Waals surface area contributed by atoms with Gasteiger partial charge in [0.05, 0.1) is 18.1 Å². The third-order valence-corrected chi connectivity index (χ3v) is 6.30. The second-order valence-electron chi connectivity index (χ2n) is 8.20. The SMILES string of the molecule is COCCCNC(=O)C(C)Sc1nnc(N2CC(C)CC(C)C2)n1Cc1ccco1. The number of piperidine rings is 1. The van der Waals surface area contributed by atoms with Crippen LogP contribution in [-0.2, 0) is 16.1 Å². The Balaban J connectivity index is 1.75. The second kappa shape index (κ2) is 10.9. The molecule has 1 amide bonds. The van der Waals surface area contributed by atoms with Crippen LogP contribution in [0.5, 0.6) is 0 Å². The first-order valence-corrected chi connectivity index (χ1v) is 11.5. The van der Waals surface area contributed by atoms with E-state index in [0.717, 1.165) is 36.4 Å². The molecular weight excluding hydrogens is 402 g/mol. The van der Waals surface area contributed by atoms with Crippen molar-refractivity contribution in [2.75, 3.05) is 38.3 Å². The lowest BCUT2D eigenvalue weighted by molar-refractivity contribution is -0.120. The molecule has 2 aromatic rings. The first-order valence-electron chi connectivity index (χ1n) is 10.6. The van der Waals surface area contributed by atoms with Crippen LogP contribution in [0.3, 0.4) is 0 Å². The minimum absolute atomic E-state index is 0.00887. The highest BCUT2D eigenvalue weighted by atomic mass is 32.2. The average Bonchev–Trinajstić information content (AvgIpc) is 3.35. The van der Waals surface area contributed by atoms with Gasteiger partial charge in [0.2, 0.25) is 11.9 Å². The summed E-state index contributed by atoms with van der Waals surface area (Å²) in [4.78, 5) is 14.8. The van der Waals surface area contributed by atoms with E-state index in [9.17, 15) is 4.79 Å². The van der Waals surface area contributed by atoms with Crippen LogP contribution in [0.4, 0.5) is 5.95 Å². The van der Waals surface area contributed by atoms with E-state index in [4.69, 9.17) is 9.15 Å². The van der Waals surface area contributed by atoms with Gasteiger partial charge in [-0.25, -0.2) is 0 Å². The lowest BCUT2D eigenvalue weighted by atomic mass is 9.92. The summed E-state index contributed by atoms with van der Waals surface area (Å²) in [6.07, 6.45) is 3.70. The quantitative estimate of drug-likeness (QED) is 0.453. The van der Waals surface area contributed by atoms with Gasteiger partial charge in [0.1, 0.15) is 5.76 Å². The van der Waals surface area contributed by atoms with E-state index in [2.05, 4.69) is 38.8 Å². The Hall–Kier alpha value is -2.00. The summed E-state index contributed by atoms with van der Waals surface area (Å²) >= 11 is 1.43. The highest BCUT2D eigenvalue weighted by Crippen LogP contribution is 2.30. The molecule has 0 aromatic carbocycles. The molecule has 8 nitrogen and oxygen atoms in total. The summed E-state index contributed by atoms with van der Waals surface area (Å²) in [6.45, 7) is 10.2. The van der Waals surface area contributed by atoms with E-state index in [1.54, 1.807) is 13.4 Å². The number of methoxy groups -OCH3 is 1. The molecule has 1 aliphatic rings. The van der Waals surface area contributed by atoms with E-state index >= 15 is 0 Å². The van der Waals surface area contributed by atoms with E-state index in [1.807, 2.05) is 19.1 Å². The number of carbonyl (C=O) groups excluding carboxylic acids is 1. The minimum atomic E-state index is -0.279. The second-order valence-corrected chi connectivity index (χ2v) is 9.50. The van der Waals surface area contributed by atoms with Crippen LogP contribution in [0.2, 0.25) is 0 Å². The summed E-state index contributed by atoms with van der Waals surface area (Å²) in [6, 6.07) is 3.83. The number of rotatable bonds is 10. The van der Waals surface area contributed by atoms with Crippen LogP contribution in [0.15, 0.2) is 28.0 Å². The maximum Gasteiger partial charge on any atom is 0.233 e. The number of aromatic nitrogens is 3. The van der Waals surface area contributed by atoms with Crippen molar-refractivity contribution in [1.29, 1.82) is 0 Å². The third-order valence-electron chi connectivity index (χ3n) is 5.22. The first-order chi connectivity index (χ1) is 14.5. The zero-order valence-electron chi connectivity index (χ0n) is 18.3. The highest BCUT2D eigenvalue weighted by molar-refractivity contribution is 8.00. The number of amides is 1. The summed E-state index contributed by atoms with van der Waals surface area (Å²) in [7, 11) is 1.66. The van der Waals surface area contributed by atoms with Crippen LogP contribution < -0.4 is 10.2 Å². The normalized spacial score (nSPS) is 20.3. The van der Waals surface area contributed by atoms with Crippen molar-refractivity contribution in [3.8, 4) is 0 Å². The average molecular weight is 436 g/mol. The fourth-order valence-electron chi connectivity index (χ4n) is 3.91. The molecule has 9 heteroatoms. The third kappa shape index (κ3) is 6.01. The highest BCUT2D eigenvalue weighted by Gasteiger charge is 2.28. The molecule has 3 heterocycles. The lowest BCUT2D eigenvalue weighted by Crippen LogP contribution is -2.40. The van der Waals surface area contributed by atoms with Crippen molar-refractivity contribution in [3.63, 3.8) is 0 Å². The number of anilines is 1. The minimum Gasteiger partial charge on any atom is -0.467 e. The maximum absolute atomic E-state index is 12.5. The number of hydrogen-bond acceptors (Lipinski definition) is 7. The summed E-state index contributed by atoms with van der Waals surface area (Å²) in [5, 5.41) is 12.4. The van der Waals surface area contributed by atoms with Crippen molar-refractivity contribution in [1.82, 2.24) is 20.1 Å². The molecule has 1 N–H and O–H groups in total.